The van der Waals surface area contributed by atoms with Gasteiger partial charge in [-0.25, -0.2) is 9.97 Å². The Hall–Kier alpha value is -13.8. The molecule has 5 aromatic carbocycles. The van der Waals surface area contributed by atoms with Crippen molar-refractivity contribution in [3.05, 3.63) is 209 Å². The summed E-state index contributed by atoms with van der Waals surface area (Å²) in [6.45, 7) is 12.2. The number of hydrogen-bond donors (Lipinski definition) is 18. The molecule has 130 heavy (non-hydrogen) atoms. The van der Waals surface area contributed by atoms with Crippen LogP contribution in [0.25, 0.3) is 10.8 Å². The number of aliphatic hydroxyl groups excluding tert-OH is 1. The van der Waals surface area contributed by atoms with Gasteiger partial charge in [-0.2, -0.15) is 0 Å². The standard InChI is InChI=1S/C92H116ClN21O16/c1-52(2)37-71(84(122)107-70(18-11-12-35-98-53(3)4)92(130)114-36-14-19-80(114)91(129)101-54(5)81(94)119)108-86(124)74(40-59-23-30-66(31-24-59)105-82(120)77(103-56(7)117)44-68-47-96-50-99-68)110-88(126)75(41-60-25-32-67(33-26-60)106-83(121)78(104-57(8)118)45-69-48-97-51-100-69)112-90(128)79(49-115)113-89(127)76(43-62-15-13-34-95-46-62)111-87(125)73(39-58-21-28-65(93)29-22-58)109-85(123)72(102-55(6)116)42-61-20-27-63-16-9-10-17-64(63)38-61/h9-10,13,15-17,20-34,38,46-48,50-54,70-80,98,115H,11-12,14,18-19,35-37,39-45,49H2,1-8H3,(H2,94,119)(H,96,99)(H,97,100)(H,101,129)(H,102,116)(H,103,117)(H,104,118)(H,105,120)(H,106,121)(H,107,122)(H,108,124)(H,109,123)(H,110,126)(H,111,125)(H,112,128)(H,113,127)/t54-,70+,71+,72-,73-,74-,75+,76-,77-,78-,79+,80+/m1/s1. The highest BCUT2D eigenvalue weighted by Gasteiger charge is 2.41. The van der Waals surface area contributed by atoms with Crippen molar-refractivity contribution in [3.63, 3.8) is 0 Å². The van der Waals surface area contributed by atoms with Gasteiger partial charge in [0.2, 0.25) is 88.6 Å². The molecular weight excluding hydrogens is 1690 g/mol. The molecule has 4 heterocycles. The quantitative estimate of drug-likeness (QED) is 0.0243. The van der Waals surface area contributed by atoms with E-state index in [4.69, 9.17) is 17.3 Å². The van der Waals surface area contributed by atoms with Crippen LogP contribution in [0.1, 0.15) is 133 Å². The number of pyridine rings is 1. The number of nitrogens with two attached hydrogens (primary N) is 1. The molecule has 0 unspecified atom stereocenters. The average Bonchev–Trinajstić information content (AvgIpc) is 1.75. The second-order valence-corrected chi connectivity index (χ2v) is 33.5. The summed E-state index contributed by atoms with van der Waals surface area (Å²) >= 11 is 6.30. The summed E-state index contributed by atoms with van der Waals surface area (Å²) in [5.74, 6) is -11.9. The number of nitrogens with one attached hydrogen (secondary N) is 16. The highest BCUT2D eigenvalue weighted by atomic mass is 35.5. The van der Waals surface area contributed by atoms with Gasteiger partial charge >= 0.3 is 0 Å². The number of aromatic nitrogens is 5. The molecule has 1 aliphatic heterocycles. The van der Waals surface area contributed by atoms with E-state index < -0.39 is 174 Å². The molecule has 692 valence electrons. The first kappa shape index (κ1) is 100.0. The fraction of sp³-hybridized carbons (Fsp3) is 0.413. The SMILES string of the molecule is CC(=O)N[C@H](Cc1c[nH]cn1)C(=O)Nc1ccc(C[C@H](NC(=O)[C@H](CO)NC(=O)[C@@H](Cc2cccnc2)NC(=O)[C@@H](Cc2ccc(Cl)cc2)NC(=O)[C@@H](Cc2ccc3ccccc3c2)NC(C)=O)C(=O)N[C@H](Cc2ccc(NC(=O)[C@@H](Cc3c[nH]cn3)NC(C)=O)cc2)C(=O)N[C@@H](CC(C)C)C(=O)N[C@@H](CCCCNC(C)C)C(=O)N2CCC[C@H]2C(=O)N[C@H](C)C(N)=O)cc1. The van der Waals surface area contributed by atoms with E-state index in [1.165, 1.54) is 106 Å². The molecule has 0 saturated carbocycles. The maximum absolute atomic E-state index is 15.8. The molecule has 9 rings (SSSR count). The van der Waals surface area contributed by atoms with Crippen LogP contribution >= 0.6 is 11.6 Å². The van der Waals surface area contributed by atoms with Gasteiger partial charge in [-0.05, 0) is 139 Å². The van der Waals surface area contributed by atoms with Gasteiger partial charge in [-0.3, -0.25) is 76.9 Å². The van der Waals surface area contributed by atoms with Crippen LogP contribution in [0.4, 0.5) is 11.4 Å². The van der Waals surface area contributed by atoms with E-state index in [0.717, 1.165) is 10.8 Å². The highest BCUT2D eigenvalue weighted by molar-refractivity contribution is 6.30. The summed E-state index contributed by atoms with van der Waals surface area (Å²) < 4.78 is 0. The van der Waals surface area contributed by atoms with E-state index in [0.29, 0.717) is 70.0 Å². The molecule has 3 aromatic heterocycles. The van der Waals surface area contributed by atoms with Gasteiger partial charge in [0.1, 0.15) is 72.5 Å². The number of primary amides is 1. The summed E-state index contributed by atoms with van der Waals surface area (Å²) in [5, 5.41) is 52.1. The van der Waals surface area contributed by atoms with Crippen LogP contribution < -0.4 is 80.2 Å². The van der Waals surface area contributed by atoms with Crippen LogP contribution in [-0.2, 0) is 117 Å². The molecule has 19 N–H and O–H groups in total. The number of aromatic amines is 2. The first-order chi connectivity index (χ1) is 62.1. The number of rotatable bonds is 48. The lowest BCUT2D eigenvalue weighted by Gasteiger charge is -2.31. The third-order valence-electron chi connectivity index (χ3n) is 21.5. The second-order valence-electron chi connectivity index (χ2n) is 33.0. The number of unbranched alkanes of at least 4 members (excludes halogenated alkanes) is 1. The largest absolute Gasteiger partial charge is 0.394 e. The zero-order valence-electron chi connectivity index (χ0n) is 73.8. The number of carbonyl (C=O) groups is 15. The van der Waals surface area contributed by atoms with Gasteiger partial charge in [0.15, 0.2) is 0 Å². The Bertz CT molecular complexity index is 5200. The number of imidazole rings is 2. The Morgan fingerprint density at radius 2 is 0.885 bits per heavy atom. The Morgan fingerprint density at radius 1 is 0.462 bits per heavy atom. The summed E-state index contributed by atoms with van der Waals surface area (Å²) in [6.07, 6.45) is 9.26. The Morgan fingerprint density at radius 3 is 1.33 bits per heavy atom. The van der Waals surface area contributed by atoms with Crippen molar-refractivity contribution in [2.45, 2.75) is 217 Å². The van der Waals surface area contributed by atoms with Crippen molar-refractivity contribution in [2.24, 2.45) is 11.7 Å². The fourth-order valence-electron chi connectivity index (χ4n) is 14.8. The smallest absolute Gasteiger partial charge is 0.247 e. The molecule has 8 aromatic rings. The van der Waals surface area contributed by atoms with Gasteiger partial charge in [0, 0.05) is 119 Å². The molecule has 0 bridgehead atoms. The minimum absolute atomic E-state index is 0.00138. The molecule has 1 fully saturated rings. The van der Waals surface area contributed by atoms with Gasteiger partial charge < -0.3 is 100 Å². The van der Waals surface area contributed by atoms with Gasteiger partial charge in [0.25, 0.3) is 0 Å². The Kier molecular flexibility index (Phi) is 38.1. The number of likely N-dealkylation sites (tertiary alicyclic amines) is 1. The number of anilines is 2. The molecular formula is C92H116ClN21O16. The monoisotopic (exact) mass is 1810 g/mol. The first-order valence-electron chi connectivity index (χ1n) is 43.2. The predicted octanol–water partition coefficient (Wildman–Crippen LogP) is 2.31. The average molecular weight is 1810 g/mol. The van der Waals surface area contributed by atoms with Crippen LogP contribution in [-0.4, -0.2) is 222 Å². The molecule has 0 aliphatic carbocycles. The number of amides is 15. The van der Waals surface area contributed by atoms with E-state index in [9.17, 15) is 48.3 Å². The normalized spacial score (nSPS) is 14.9. The van der Waals surface area contributed by atoms with Gasteiger partial charge in [0.05, 0.1) is 30.6 Å². The molecule has 15 amide bonds. The summed E-state index contributed by atoms with van der Waals surface area (Å²) in [4.78, 5) is 232. The summed E-state index contributed by atoms with van der Waals surface area (Å²) in [7, 11) is 0. The number of nitrogens with zero attached hydrogens (tertiary/aromatic N) is 4. The molecule has 37 nitrogen and oxygen atoms in total. The molecule has 0 radical (unpaired) electrons. The van der Waals surface area contributed by atoms with Crippen LogP contribution in [0.15, 0.2) is 165 Å². The minimum Gasteiger partial charge on any atom is -0.394 e. The number of benzene rings is 5. The molecule has 1 saturated heterocycles. The van der Waals surface area contributed by atoms with E-state index >= 15 is 28.8 Å². The van der Waals surface area contributed by atoms with Gasteiger partial charge in [-0.1, -0.05) is 124 Å². The van der Waals surface area contributed by atoms with Crippen molar-refractivity contribution in [3.8, 4) is 0 Å². The highest BCUT2D eigenvalue weighted by Crippen LogP contribution is 2.24. The topological polar surface area (TPSA) is 544 Å². The van der Waals surface area contributed by atoms with Crippen molar-refractivity contribution >= 4 is 122 Å². The number of hydrogen-bond acceptors (Lipinski definition) is 20. The maximum Gasteiger partial charge on any atom is 0.247 e. The van der Waals surface area contributed by atoms with E-state index in [1.54, 1.807) is 62.6 Å². The Balaban J connectivity index is 1.05. The first-order valence-corrected chi connectivity index (χ1v) is 43.6. The third kappa shape index (κ3) is 31.9. The van der Waals surface area contributed by atoms with Crippen molar-refractivity contribution in [1.29, 1.82) is 0 Å². The molecule has 0 spiro atoms. The number of halogens is 1. The van der Waals surface area contributed by atoms with Crippen LogP contribution in [0.5, 0.6) is 0 Å². The number of aliphatic hydroxyl groups is 1. The van der Waals surface area contributed by atoms with E-state index in [-0.39, 0.29) is 87.7 Å². The van der Waals surface area contributed by atoms with Crippen LogP contribution in [0.2, 0.25) is 5.02 Å². The molecule has 1 aliphatic rings. The number of fused-ring (bicyclic) bond motifs is 1. The van der Waals surface area contributed by atoms with Crippen molar-refractivity contribution in [1.82, 2.24) is 93.6 Å². The second kappa shape index (κ2) is 49.5. The van der Waals surface area contributed by atoms with Crippen molar-refractivity contribution < 1.29 is 77.0 Å². The lowest BCUT2D eigenvalue weighted by atomic mass is 9.99. The summed E-state index contributed by atoms with van der Waals surface area (Å²) in [5.41, 5.74) is 9.14. The lowest BCUT2D eigenvalue weighted by molar-refractivity contribution is -0.142. The predicted molar refractivity (Wildman–Crippen MR) is 484 cm³/mol. The zero-order valence-corrected chi connectivity index (χ0v) is 74.6. The Labute approximate surface area is 757 Å². The maximum atomic E-state index is 15.8. The number of H-pyrrole nitrogens is 2. The zero-order chi connectivity index (χ0) is 94.1. The number of carbonyl (C=O) groups excluding carboxylic acids is 15. The fourth-order valence-corrected chi connectivity index (χ4v) is 14.9. The van der Waals surface area contributed by atoms with E-state index in [2.05, 4.69) is 99.4 Å². The van der Waals surface area contributed by atoms with Crippen LogP contribution in [0, 0.1) is 5.92 Å². The van der Waals surface area contributed by atoms with Gasteiger partial charge in [-0.15, -0.1) is 0 Å². The third-order valence-corrected chi connectivity index (χ3v) is 21.8. The lowest BCUT2D eigenvalue weighted by Crippen LogP contribution is -2.62. The van der Waals surface area contributed by atoms with Crippen LogP contribution in [0.3, 0.4) is 0 Å². The minimum atomic E-state index is -1.94. The van der Waals surface area contributed by atoms with Crippen molar-refractivity contribution in [2.75, 3.05) is 30.3 Å². The summed E-state index contributed by atoms with van der Waals surface area (Å²) in [6, 6.07) is 18.3. The molecule has 38 heteroatoms. The molecule has 12 atom stereocenters. The van der Waals surface area contributed by atoms with E-state index in [1.807, 2.05) is 56.3 Å².